The van der Waals surface area contributed by atoms with Gasteiger partial charge < -0.3 is 14.6 Å². The van der Waals surface area contributed by atoms with Gasteiger partial charge in [0.2, 0.25) is 0 Å². The van der Waals surface area contributed by atoms with Gasteiger partial charge >= 0.3 is 5.97 Å². The summed E-state index contributed by atoms with van der Waals surface area (Å²) >= 11 is 0. The predicted octanol–water partition coefficient (Wildman–Crippen LogP) is 0.869. The number of esters is 1. The molecule has 6 heteroatoms. The minimum Gasteiger partial charge on any atom is -0.464 e. The number of nitrogens with one attached hydrogen (secondary N) is 1. The number of hydrogen-bond donors (Lipinski definition) is 1. The molecule has 110 valence electrons. The van der Waals surface area contributed by atoms with Crippen LogP contribution in [0.5, 0.6) is 0 Å². The molecule has 0 aliphatic carbocycles. The molecule has 0 bridgehead atoms. The number of hydrogen-bond acceptors (Lipinski definition) is 5. The summed E-state index contributed by atoms with van der Waals surface area (Å²) in [6.07, 6.45) is 2.87. The molecule has 1 fully saturated rings. The van der Waals surface area contributed by atoms with Gasteiger partial charge in [-0.3, -0.25) is 4.79 Å². The molecule has 0 saturated carbocycles. The van der Waals surface area contributed by atoms with Gasteiger partial charge in [0.05, 0.1) is 6.61 Å². The Labute approximate surface area is 118 Å². The zero-order valence-corrected chi connectivity index (χ0v) is 12.1. The summed E-state index contributed by atoms with van der Waals surface area (Å²) in [6.45, 7) is 6.65. The van der Waals surface area contributed by atoms with Crippen LogP contribution in [0.3, 0.4) is 0 Å². The van der Waals surface area contributed by atoms with Crippen LogP contribution < -0.4 is 5.32 Å². The van der Waals surface area contributed by atoms with Gasteiger partial charge in [-0.25, -0.2) is 0 Å². The standard InChI is InChI=1S/C14H22N4O2/c1-9(2)13-17-16-12-4-3-10(8-18(12)13)7-15-11-5-6-20-14(11)19/h9-11,15H,3-8H2,1-2H3. The molecule has 0 radical (unpaired) electrons. The summed E-state index contributed by atoms with van der Waals surface area (Å²) < 4.78 is 7.23. The Bertz CT molecular complexity index is 497. The third-order valence-corrected chi connectivity index (χ3v) is 4.18. The van der Waals surface area contributed by atoms with Crippen molar-refractivity contribution < 1.29 is 9.53 Å². The second-order valence-electron chi connectivity index (χ2n) is 6.06. The van der Waals surface area contributed by atoms with Gasteiger partial charge in [-0.15, -0.1) is 10.2 Å². The number of ether oxygens (including phenoxy) is 1. The van der Waals surface area contributed by atoms with E-state index in [0.717, 1.165) is 44.0 Å². The van der Waals surface area contributed by atoms with Gasteiger partial charge in [0.25, 0.3) is 0 Å². The number of carbonyl (C=O) groups excluding carboxylic acids is 1. The molecule has 0 amide bonds. The highest BCUT2D eigenvalue weighted by Crippen LogP contribution is 2.23. The van der Waals surface area contributed by atoms with Crippen LogP contribution in [0.15, 0.2) is 0 Å². The topological polar surface area (TPSA) is 69.0 Å². The molecule has 2 atom stereocenters. The molecule has 3 rings (SSSR count). The molecule has 1 aromatic rings. The molecule has 2 aliphatic rings. The van der Waals surface area contributed by atoms with E-state index in [0.29, 0.717) is 18.4 Å². The van der Waals surface area contributed by atoms with Crippen LogP contribution in [-0.2, 0) is 22.5 Å². The maximum Gasteiger partial charge on any atom is 0.323 e. The fourth-order valence-corrected chi connectivity index (χ4v) is 3.00. The maximum absolute atomic E-state index is 11.4. The monoisotopic (exact) mass is 278 g/mol. The number of aryl methyl sites for hydroxylation is 1. The average molecular weight is 278 g/mol. The summed E-state index contributed by atoms with van der Waals surface area (Å²) in [5.74, 6) is 3.00. The smallest absolute Gasteiger partial charge is 0.323 e. The molecule has 20 heavy (non-hydrogen) atoms. The fraction of sp³-hybridized carbons (Fsp3) is 0.786. The van der Waals surface area contributed by atoms with Gasteiger partial charge in [0, 0.05) is 31.8 Å². The highest BCUT2D eigenvalue weighted by molar-refractivity contribution is 5.77. The van der Waals surface area contributed by atoms with E-state index >= 15 is 0 Å². The first-order chi connectivity index (χ1) is 9.65. The number of aromatic nitrogens is 3. The van der Waals surface area contributed by atoms with Crippen molar-refractivity contribution in [2.45, 2.75) is 51.6 Å². The third-order valence-electron chi connectivity index (χ3n) is 4.18. The lowest BCUT2D eigenvalue weighted by Crippen LogP contribution is -2.39. The van der Waals surface area contributed by atoms with Gasteiger partial charge in [0.15, 0.2) is 0 Å². The molecule has 0 spiro atoms. The molecule has 1 N–H and O–H groups in total. The largest absolute Gasteiger partial charge is 0.464 e. The summed E-state index contributed by atoms with van der Waals surface area (Å²) in [7, 11) is 0. The summed E-state index contributed by atoms with van der Waals surface area (Å²) in [4.78, 5) is 11.4. The van der Waals surface area contributed by atoms with Crippen LogP contribution in [-0.4, -0.2) is 39.9 Å². The Balaban J connectivity index is 1.60. The van der Waals surface area contributed by atoms with E-state index in [4.69, 9.17) is 4.74 Å². The first kappa shape index (κ1) is 13.5. The highest BCUT2D eigenvalue weighted by Gasteiger charge is 2.28. The van der Waals surface area contributed by atoms with Crippen molar-refractivity contribution in [3.63, 3.8) is 0 Å². The Morgan fingerprint density at radius 3 is 2.95 bits per heavy atom. The number of nitrogens with zero attached hydrogens (tertiary/aromatic N) is 3. The van der Waals surface area contributed by atoms with E-state index in [1.807, 2.05) is 0 Å². The van der Waals surface area contributed by atoms with Gasteiger partial charge in [-0.05, 0) is 12.3 Å². The zero-order chi connectivity index (χ0) is 14.1. The van der Waals surface area contributed by atoms with Crippen LogP contribution in [0.2, 0.25) is 0 Å². The SMILES string of the molecule is CC(C)c1nnc2n1CC(CNC1CCOC1=O)CC2. The molecule has 0 aromatic carbocycles. The van der Waals surface area contributed by atoms with Crippen molar-refractivity contribution in [2.24, 2.45) is 5.92 Å². The van der Waals surface area contributed by atoms with Crippen molar-refractivity contribution in [3.8, 4) is 0 Å². The van der Waals surface area contributed by atoms with Crippen molar-refractivity contribution in [1.29, 1.82) is 0 Å². The number of cyclic esters (lactones) is 1. The summed E-state index contributed by atoms with van der Waals surface area (Å²) in [6, 6.07) is -0.109. The Kier molecular flexibility index (Phi) is 3.74. The van der Waals surface area contributed by atoms with Crippen LogP contribution in [0, 0.1) is 5.92 Å². The second kappa shape index (κ2) is 5.52. The minimum absolute atomic E-state index is 0.103. The van der Waals surface area contributed by atoms with E-state index in [9.17, 15) is 4.79 Å². The lowest BCUT2D eigenvalue weighted by atomic mass is 9.98. The molecule has 2 unspecified atom stereocenters. The molecule has 3 heterocycles. The molecule has 2 aliphatic heterocycles. The summed E-state index contributed by atoms with van der Waals surface area (Å²) in [5.41, 5.74) is 0. The molecule has 1 saturated heterocycles. The number of rotatable bonds is 4. The fourth-order valence-electron chi connectivity index (χ4n) is 3.00. The van der Waals surface area contributed by atoms with Crippen LogP contribution in [0.25, 0.3) is 0 Å². The quantitative estimate of drug-likeness (QED) is 0.828. The average Bonchev–Trinajstić information content (AvgIpc) is 3.02. The Hall–Kier alpha value is -1.43. The van der Waals surface area contributed by atoms with E-state index in [2.05, 4.69) is 33.9 Å². The van der Waals surface area contributed by atoms with Gasteiger partial charge in [-0.1, -0.05) is 13.8 Å². The third kappa shape index (κ3) is 2.57. The van der Waals surface area contributed by atoms with E-state index < -0.39 is 0 Å². The van der Waals surface area contributed by atoms with Gasteiger partial charge in [0.1, 0.15) is 17.7 Å². The molecular formula is C14H22N4O2. The minimum atomic E-state index is -0.109. The lowest BCUT2D eigenvalue weighted by molar-refractivity contribution is -0.139. The number of fused-ring (bicyclic) bond motifs is 1. The van der Waals surface area contributed by atoms with Crippen LogP contribution >= 0.6 is 0 Å². The van der Waals surface area contributed by atoms with E-state index in [1.54, 1.807) is 0 Å². The normalized spacial score (nSPS) is 25.9. The number of carbonyl (C=O) groups is 1. The van der Waals surface area contributed by atoms with Crippen molar-refractivity contribution in [3.05, 3.63) is 11.6 Å². The highest BCUT2D eigenvalue weighted by atomic mass is 16.5. The van der Waals surface area contributed by atoms with Crippen molar-refractivity contribution >= 4 is 5.97 Å². The van der Waals surface area contributed by atoms with Crippen molar-refractivity contribution in [2.75, 3.05) is 13.2 Å². The van der Waals surface area contributed by atoms with E-state index in [-0.39, 0.29) is 12.0 Å². The molecule has 1 aromatic heterocycles. The van der Waals surface area contributed by atoms with Crippen LogP contribution in [0.4, 0.5) is 0 Å². The molecule has 6 nitrogen and oxygen atoms in total. The second-order valence-corrected chi connectivity index (χ2v) is 6.06. The van der Waals surface area contributed by atoms with E-state index in [1.165, 1.54) is 0 Å². The zero-order valence-electron chi connectivity index (χ0n) is 12.1. The maximum atomic E-state index is 11.4. The molecular weight excluding hydrogens is 256 g/mol. The Morgan fingerprint density at radius 2 is 2.25 bits per heavy atom. The van der Waals surface area contributed by atoms with Crippen LogP contribution in [0.1, 0.15) is 44.3 Å². The first-order valence-corrected chi connectivity index (χ1v) is 7.47. The lowest BCUT2D eigenvalue weighted by Gasteiger charge is -2.26. The van der Waals surface area contributed by atoms with Crippen molar-refractivity contribution in [1.82, 2.24) is 20.1 Å². The Morgan fingerprint density at radius 1 is 1.40 bits per heavy atom. The summed E-state index contributed by atoms with van der Waals surface area (Å²) in [5, 5.41) is 11.9. The van der Waals surface area contributed by atoms with Gasteiger partial charge in [-0.2, -0.15) is 0 Å². The predicted molar refractivity (Wildman–Crippen MR) is 73.3 cm³/mol. The first-order valence-electron chi connectivity index (χ1n) is 7.47.